The molecule has 0 radical (unpaired) electrons. The van der Waals surface area contributed by atoms with Gasteiger partial charge in [0.2, 0.25) is 0 Å². The molecule has 0 saturated carbocycles. The summed E-state index contributed by atoms with van der Waals surface area (Å²) in [6, 6.07) is 7.00. The minimum atomic E-state index is 0.669. The van der Waals surface area contributed by atoms with Gasteiger partial charge in [0, 0.05) is 24.0 Å². The molecule has 2 nitrogen and oxygen atoms in total. The molecule has 2 N–H and O–H groups in total. The van der Waals surface area contributed by atoms with Gasteiger partial charge in [-0.25, -0.2) is 0 Å². The fourth-order valence-electron chi connectivity index (χ4n) is 2.62. The van der Waals surface area contributed by atoms with Gasteiger partial charge < -0.3 is 10.6 Å². The molecule has 1 aliphatic heterocycles. The van der Waals surface area contributed by atoms with E-state index in [9.17, 15) is 0 Å². The van der Waals surface area contributed by atoms with Crippen molar-refractivity contribution in [1.29, 1.82) is 0 Å². The summed E-state index contributed by atoms with van der Waals surface area (Å²) in [5.41, 5.74) is 9.50. The Morgan fingerprint density at radius 2 is 2.19 bits per heavy atom. The monoisotopic (exact) mass is 218 g/mol. The minimum Gasteiger partial charge on any atom is -0.399 e. The van der Waals surface area contributed by atoms with Crippen LogP contribution in [0.5, 0.6) is 0 Å². The number of nitrogens with two attached hydrogens (primary N) is 1. The number of nitrogen functional groups attached to an aromatic ring is 1. The zero-order chi connectivity index (χ0) is 11.5. The fourth-order valence-corrected chi connectivity index (χ4v) is 2.62. The van der Waals surface area contributed by atoms with Gasteiger partial charge >= 0.3 is 0 Å². The van der Waals surface area contributed by atoms with Gasteiger partial charge in [-0.3, -0.25) is 0 Å². The van der Waals surface area contributed by atoms with Crippen LogP contribution in [-0.2, 0) is 6.42 Å². The first-order valence-electron chi connectivity index (χ1n) is 6.37. The van der Waals surface area contributed by atoms with E-state index >= 15 is 0 Å². The fraction of sp³-hybridized carbons (Fsp3) is 0.571. The van der Waals surface area contributed by atoms with Gasteiger partial charge in [-0.2, -0.15) is 0 Å². The lowest BCUT2D eigenvalue weighted by Gasteiger charge is -2.36. The molecule has 1 aromatic rings. The van der Waals surface area contributed by atoms with Crippen LogP contribution < -0.4 is 10.6 Å². The van der Waals surface area contributed by atoms with Crippen LogP contribution in [0.2, 0.25) is 0 Å². The van der Waals surface area contributed by atoms with Crippen molar-refractivity contribution in [1.82, 2.24) is 0 Å². The van der Waals surface area contributed by atoms with E-state index < -0.39 is 0 Å². The molecule has 1 atom stereocenters. The molecule has 88 valence electrons. The van der Waals surface area contributed by atoms with Crippen LogP contribution in [0.25, 0.3) is 0 Å². The molecule has 0 aromatic heterocycles. The number of aryl methyl sites for hydroxylation is 1. The van der Waals surface area contributed by atoms with Crippen LogP contribution in [-0.4, -0.2) is 12.6 Å². The summed E-state index contributed by atoms with van der Waals surface area (Å²) in [5.74, 6) is 0. The maximum absolute atomic E-state index is 5.85. The topological polar surface area (TPSA) is 29.3 Å². The van der Waals surface area contributed by atoms with Crippen molar-refractivity contribution in [2.24, 2.45) is 0 Å². The first-order chi connectivity index (χ1) is 7.72. The Kier molecular flexibility index (Phi) is 3.37. The Balaban J connectivity index is 2.30. The Hall–Kier alpha value is -1.18. The average Bonchev–Trinajstić information content (AvgIpc) is 2.30. The second kappa shape index (κ2) is 4.77. The molecular weight excluding hydrogens is 196 g/mol. The van der Waals surface area contributed by atoms with E-state index in [-0.39, 0.29) is 0 Å². The highest BCUT2D eigenvalue weighted by atomic mass is 15.2. The van der Waals surface area contributed by atoms with Crippen molar-refractivity contribution in [3.8, 4) is 0 Å². The summed E-state index contributed by atoms with van der Waals surface area (Å²) in [4.78, 5) is 2.54. The molecule has 0 spiro atoms. The first kappa shape index (κ1) is 11.3. The molecule has 0 aliphatic carbocycles. The predicted molar refractivity (Wildman–Crippen MR) is 70.9 cm³/mol. The molecular formula is C14H22N2. The largest absolute Gasteiger partial charge is 0.399 e. The minimum absolute atomic E-state index is 0.669. The van der Waals surface area contributed by atoms with Crippen LogP contribution in [0, 0.1) is 0 Å². The molecule has 2 heteroatoms. The van der Waals surface area contributed by atoms with Gasteiger partial charge in [0.05, 0.1) is 0 Å². The molecule has 1 saturated heterocycles. The SMILES string of the molecule is CCc1cc(N)ccc1N1CCCCC1C. The highest BCUT2D eigenvalue weighted by Gasteiger charge is 2.20. The van der Waals surface area contributed by atoms with E-state index in [4.69, 9.17) is 5.73 Å². The van der Waals surface area contributed by atoms with Crippen molar-refractivity contribution in [2.75, 3.05) is 17.2 Å². The maximum atomic E-state index is 5.85. The third-order valence-electron chi connectivity index (χ3n) is 3.60. The van der Waals surface area contributed by atoms with Crippen molar-refractivity contribution < 1.29 is 0 Å². The van der Waals surface area contributed by atoms with E-state index in [1.807, 2.05) is 6.07 Å². The van der Waals surface area contributed by atoms with Gasteiger partial charge in [-0.05, 0) is 56.4 Å². The van der Waals surface area contributed by atoms with E-state index in [0.29, 0.717) is 6.04 Å². The van der Waals surface area contributed by atoms with Gasteiger partial charge in [0.1, 0.15) is 0 Å². The van der Waals surface area contributed by atoms with Crippen LogP contribution in [0.3, 0.4) is 0 Å². The molecule has 0 bridgehead atoms. The predicted octanol–water partition coefficient (Wildman–Crippen LogP) is 3.21. The quantitative estimate of drug-likeness (QED) is 0.772. The van der Waals surface area contributed by atoms with Crippen molar-refractivity contribution in [3.05, 3.63) is 23.8 Å². The lowest BCUT2D eigenvalue weighted by Crippen LogP contribution is -2.38. The zero-order valence-corrected chi connectivity index (χ0v) is 10.4. The van der Waals surface area contributed by atoms with Crippen LogP contribution in [0.4, 0.5) is 11.4 Å². The van der Waals surface area contributed by atoms with Crippen molar-refractivity contribution in [2.45, 2.75) is 45.6 Å². The Morgan fingerprint density at radius 1 is 1.38 bits per heavy atom. The van der Waals surface area contributed by atoms with Crippen LogP contribution in [0.15, 0.2) is 18.2 Å². The third kappa shape index (κ3) is 2.16. The molecule has 1 heterocycles. The molecule has 16 heavy (non-hydrogen) atoms. The number of hydrogen-bond donors (Lipinski definition) is 1. The first-order valence-corrected chi connectivity index (χ1v) is 6.37. The number of hydrogen-bond acceptors (Lipinski definition) is 2. The Morgan fingerprint density at radius 3 is 2.88 bits per heavy atom. The highest BCUT2D eigenvalue weighted by molar-refractivity contribution is 5.60. The van der Waals surface area contributed by atoms with Crippen LogP contribution in [0.1, 0.15) is 38.7 Å². The molecule has 1 aliphatic rings. The molecule has 1 unspecified atom stereocenters. The van der Waals surface area contributed by atoms with Gasteiger partial charge in [-0.1, -0.05) is 6.92 Å². The average molecular weight is 218 g/mol. The zero-order valence-electron chi connectivity index (χ0n) is 10.4. The second-order valence-corrected chi connectivity index (χ2v) is 4.78. The summed E-state index contributed by atoms with van der Waals surface area (Å²) < 4.78 is 0. The second-order valence-electron chi connectivity index (χ2n) is 4.78. The Bertz CT molecular complexity index is 360. The summed E-state index contributed by atoms with van der Waals surface area (Å²) in [6.45, 7) is 5.72. The number of benzene rings is 1. The normalized spacial score (nSPS) is 21.1. The summed E-state index contributed by atoms with van der Waals surface area (Å²) in [5, 5.41) is 0. The van der Waals surface area contributed by atoms with Crippen LogP contribution >= 0.6 is 0 Å². The molecule has 1 fully saturated rings. The van der Waals surface area contributed by atoms with Gasteiger partial charge in [0.25, 0.3) is 0 Å². The molecule has 0 amide bonds. The lowest BCUT2D eigenvalue weighted by atomic mass is 10.00. The Labute approximate surface area is 98.4 Å². The van der Waals surface area contributed by atoms with Gasteiger partial charge in [0.15, 0.2) is 0 Å². The van der Waals surface area contributed by atoms with E-state index in [2.05, 4.69) is 30.9 Å². The third-order valence-corrected chi connectivity index (χ3v) is 3.60. The standard InChI is InChI=1S/C14H22N2/c1-3-12-10-13(15)7-8-14(12)16-9-5-4-6-11(16)2/h7-8,10-11H,3-6,9,15H2,1-2H3. The maximum Gasteiger partial charge on any atom is 0.0402 e. The van der Waals surface area contributed by atoms with E-state index in [0.717, 1.165) is 12.1 Å². The number of nitrogens with zero attached hydrogens (tertiary/aromatic N) is 1. The summed E-state index contributed by atoms with van der Waals surface area (Å²) in [7, 11) is 0. The van der Waals surface area contributed by atoms with Crippen molar-refractivity contribution >= 4 is 11.4 Å². The molecule has 2 rings (SSSR count). The van der Waals surface area contributed by atoms with E-state index in [1.165, 1.54) is 37.1 Å². The lowest BCUT2D eigenvalue weighted by molar-refractivity contribution is 0.484. The molecule has 1 aromatic carbocycles. The highest BCUT2D eigenvalue weighted by Crippen LogP contribution is 2.29. The number of piperidine rings is 1. The summed E-state index contributed by atoms with van der Waals surface area (Å²) in [6.07, 6.45) is 5.06. The summed E-state index contributed by atoms with van der Waals surface area (Å²) >= 11 is 0. The van der Waals surface area contributed by atoms with Gasteiger partial charge in [-0.15, -0.1) is 0 Å². The smallest absolute Gasteiger partial charge is 0.0402 e. The number of rotatable bonds is 2. The number of anilines is 2. The van der Waals surface area contributed by atoms with E-state index in [1.54, 1.807) is 0 Å². The van der Waals surface area contributed by atoms with Crippen molar-refractivity contribution in [3.63, 3.8) is 0 Å².